The predicted octanol–water partition coefficient (Wildman–Crippen LogP) is 0.400. The van der Waals surface area contributed by atoms with E-state index in [0.29, 0.717) is 12.1 Å². The molecule has 0 radical (unpaired) electrons. The average Bonchev–Trinajstić information content (AvgIpc) is 1.85. The first kappa shape index (κ1) is 8.97. The molecule has 0 aliphatic carbocycles. The van der Waals surface area contributed by atoms with E-state index in [0.717, 1.165) is 26.4 Å². The molecule has 0 aromatic rings. The smallest absolute Gasteiger partial charge is 0.104 e. The van der Waals surface area contributed by atoms with Gasteiger partial charge in [-0.15, -0.1) is 0 Å². The van der Waals surface area contributed by atoms with Crippen LogP contribution in [0, 0.1) is 0 Å². The summed E-state index contributed by atoms with van der Waals surface area (Å²) < 4.78 is 10.5. The van der Waals surface area contributed by atoms with Gasteiger partial charge in [0.05, 0.1) is 19.8 Å². The second-order valence-electron chi connectivity index (χ2n) is 2.95. The van der Waals surface area contributed by atoms with Crippen molar-refractivity contribution in [1.82, 2.24) is 5.32 Å². The first-order valence-corrected chi connectivity index (χ1v) is 4.25. The minimum atomic E-state index is 0.358. The molecule has 3 heteroatoms. The Kier molecular flexibility index (Phi) is 3.83. The Balaban J connectivity index is 1.92. The van der Waals surface area contributed by atoms with Gasteiger partial charge >= 0.3 is 0 Å². The molecule has 1 fully saturated rings. The lowest BCUT2D eigenvalue weighted by molar-refractivity contribution is -0.132. The van der Waals surface area contributed by atoms with Gasteiger partial charge in [-0.2, -0.15) is 0 Å². The molecule has 0 aromatic carbocycles. The minimum Gasteiger partial charge on any atom is -0.376 e. The van der Waals surface area contributed by atoms with Crippen LogP contribution in [0.25, 0.3) is 0 Å². The molecular weight excluding hydrogens is 142 g/mol. The molecule has 1 rings (SSSR count). The third-order valence-corrected chi connectivity index (χ3v) is 1.74. The topological polar surface area (TPSA) is 30.5 Å². The first-order chi connectivity index (χ1) is 5.33. The molecule has 1 saturated heterocycles. The third kappa shape index (κ3) is 3.18. The third-order valence-electron chi connectivity index (χ3n) is 1.74. The average molecular weight is 159 g/mol. The Morgan fingerprint density at radius 1 is 1.64 bits per heavy atom. The van der Waals surface area contributed by atoms with Crippen LogP contribution in [0.5, 0.6) is 0 Å². The minimum absolute atomic E-state index is 0.358. The zero-order valence-electron chi connectivity index (χ0n) is 7.30. The maximum atomic E-state index is 5.50. The Hall–Kier alpha value is -0.120. The van der Waals surface area contributed by atoms with Gasteiger partial charge in [0, 0.05) is 6.04 Å². The number of nitrogens with one attached hydrogen (secondary N) is 1. The number of hydrogen-bond acceptors (Lipinski definition) is 3. The van der Waals surface area contributed by atoms with Gasteiger partial charge in [0.1, 0.15) is 6.10 Å². The Bertz CT molecular complexity index is 104. The van der Waals surface area contributed by atoms with E-state index in [9.17, 15) is 0 Å². The molecule has 0 amide bonds. The Labute approximate surface area is 68.1 Å². The second kappa shape index (κ2) is 4.70. The molecule has 0 aromatic heterocycles. The summed E-state index contributed by atoms with van der Waals surface area (Å²) in [6.45, 7) is 7.58. The van der Waals surface area contributed by atoms with E-state index in [1.54, 1.807) is 0 Å². The van der Waals surface area contributed by atoms with E-state index >= 15 is 0 Å². The van der Waals surface area contributed by atoms with Crippen molar-refractivity contribution in [2.75, 3.05) is 26.4 Å². The normalized spacial score (nSPS) is 21.3. The van der Waals surface area contributed by atoms with Crippen molar-refractivity contribution in [2.45, 2.75) is 26.0 Å². The Morgan fingerprint density at radius 2 is 2.36 bits per heavy atom. The van der Waals surface area contributed by atoms with Crippen LogP contribution < -0.4 is 5.32 Å². The van der Waals surface area contributed by atoms with Crippen LogP contribution in [-0.4, -0.2) is 38.5 Å². The van der Waals surface area contributed by atoms with Crippen LogP contribution in [0.3, 0.4) is 0 Å². The highest BCUT2D eigenvalue weighted by Crippen LogP contribution is 2.05. The number of hydrogen-bond donors (Lipinski definition) is 1. The van der Waals surface area contributed by atoms with E-state index in [2.05, 4.69) is 19.2 Å². The summed E-state index contributed by atoms with van der Waals surface area (Å²) in [7, 11) is 0. The van der Waals surface area contributed by atoms with Crippen molar-refractivity contribution in [3.63, 3.8) is 0 Å². The zero-order chi connectivity index (χ0) is 8.10. The summed E-state index contributed by atoms with van der Waals surface area (Å²) in [5.41, 5.74) is 0. The fourth-order valence-electron chi connectivity index (χ4n) is 0.998. The molecule has 1 aliphatic rings. The zero-order valence-corrected chi connectivity index (χ0v) is 7.30. The van der Waals surface area contributed by atoms with Crippen LogP contribution in [-0.2, 0) is 9.47 Å². The molecule has 0 spiro atoms. The molecule has 1 aliphatic heterocycles. The summed E-state index contributed by atoms with van der Waals surface area (Å²) >= 11 is 0. The molecule has 3 nitrogen and oxygen atoms in total. The molecule has 66 valence electrons. The molecule has 1 N–H and O–H groups in total. The molecule has 1 heterocycles. The molecule has 1 unspecified atom stereocenters. The van der Waals surface area contributed by atoms with Gasteiger partial charge in [0.15, 0.2) is 0 Å². The van der Waals surface area contributed by atoms with E-state index in [-0.39, 0.29) is 0 Å². The Morgan fingerprint density at radius 3 is 2.82 bits per heavy atom. The van der Waals surface area contributed by atoms with Gasteiger partial charge in [-0.3, -0.25) is 0 Å². The SMILES string of the molecule is CCNC(C)COC1COC1. The lowest BCUT2D eigenvalue weighted by Crippen LogP contribution is -2.40. The quantitative estimate of drug-likeness (QED) is 0.630. The maximum absolute atomic E-state index is 5.50. The van der Waals surface area contributed by atoms with Gasteiger partial charge in [0.25, 0.3) is 0 Å². The highest BCUT2D eigenvalue weighted by atomic mass is 16.6. The van der Waals surface area contributed by atoms with E-state index < -0.39 is 0 Å². The van der Waals surface area contributed by atoms with Crippen LogP contribution in [0.15, 0.2) is 0 Å². The summed E-state index contributed by atoms with van der Waals surface area (Å²) in [6.07, 6.45) is 0.358. The number of rotatable bonds is 5. The van der Waals surface area contributed by atoms with Crippen molar-refractivity contribution < 1.29 is 9.47 Å². The van der Waals surface area contributed by atoms with Gasteiger partial charge in [-0.05, 0) is 13.5 Å². The van der Waals surface area contributed by atoms with Crippen LogP contribution in [0.2, 0.25) is 0 Å². The number of ether oxygens (including phenoxy) is 2. The second-order valence-corrected chi connectivity index (χ2v) is 2.95. The lowest BCUT2D eigenvalue weighted by atomic mass is 10.3. The van der Waals surface area contributed by atoms with Crippen LogP contribution in [0.1, 0.15) is 13.8 Å². The van der Waals surface area contributed by atoms with Crippen LogP contribution in [0.4, 0.5) is 0 Å². The molecular formula is C8H17NO2. The van der Waals surface area contributed by atoms with E-state index in [4.69, 9.17) is 9.47 Å². The molecule has 1 atom stereocenters. The monoisotopic (exact) mass is 159 g/mol. The van der Waals surface area contributed by atoms with E-state index in [1.165, 1.54) is 0 Å². The van der Waals surface area contributed by atoms with Crippen molar-refractivity contribution in [3.05, 3.63) is 0 Å². The van der Waals surface area contributed by atoms with E-state index in [1.807, 2.05) is 0 Å². The van der Waals surface area contributed by atoms with Gasteiger partial charge in [-0.25, -0.2) is 0 Å². The molecule has 11 heavy (non-hydrogen) atoms. The van der Waals surface area contributed by atoms with Crippen molar-refractivity contribution >= 4 is 0 Å². The highest BCUT2D eigenvalue weighted by molar-refractivity contribution is 4.66. The summed E-state index contributed by atoms with van der Waals surface area (Å²) in [4.78, 5) is 0. The predicted molar refractivity (Wildman–Crippen MR) is 43.7 cm³/mol. The van der Waals surface area contributed by atoms with Crippen LogP contribution >= 0.6 is 0 Å². The number of likely N-dealkylation sites (N-methyl/N-ethyl adjacent to an activating group) is 1. The standard InChI is InChI=1S/C8H17NO2/c1-3-9-7(2)4-11-8-5-10-6-8/h7-9H,3-6H2,1-2H3. The van der Waals surface area contributed by atoms with Gasteiger partial charge in [-0.1, -0.05) is 6.92 Å². The van der Waals surface area contributed by atoms with Crippen molar-refractivity contribution in [2.24, 2.45) is 0 Å². The largest absolute Gasteiger partial charge is 0.376 e. The molecule has 0 saturated carbocycles. The lowest BCUT2D eigenvalue weighted by Gasteiger charge is -2.27. The van der Waals surface area contributed by atoms with Gasteiger partial charge < -0.3 is 14.8 Å². The first-order valence-electron chi connectivity index (χ1n) is 4.25. The summed E-state index contributed by atoms with van der Waals surface area (Å²) in [5, 5.41) is 3.28. The maximum Gasteiger partial charge on any atom is 0.104 e. The summed E-state index contributed by atoms with van der Waals surface area (Å²) in [6, 6.07) is 0.459. The van der Waals surface area contributed by atoms with Crippen molar-refractivity contribution in [3.8, 4) is 0 Å². The fourth-order valence-corrected chi connectivity index (χ4v) is 0.998. The highest BCUT2D eigenvalue weighted by Gasteiger charge is 2.19. The van der Waals surface area contributed by atoms with Crippen molar-refractivity contribution in [1.29, 1.82) is 0 Å². The summed E-state index contributed by atoms with van der Waals surface area (Å²) in [5.74, 6) is 0. The molecule has 0 bridgehead atoms. The fraction of sp³-hybridized carbons (Fsp3) is 1.00. The van der Waals surface area contributed by atoms with Gasteiger partial charge in [0.2, 0.25) is 0 Å².